The zero-order valence-corrected chi connectivity index (χ0v) is 17.1. The van der Waals surface area contributed by atoms with Crippen LogP contribution in [-0.2, 0) is 0 Å². The molecule has 0 bridgehead atoms. The minimum atomic E-state index is -0.146. The average molecular weight is 400 g/mol. The van der Waals surface area contributed by atoms with Gasteiger partial charge in [-0.3, -0.25) is 4.79 Å². The molecular weight excluding hydrogens is 378 g/mol. The Balaban J connectivity index is 1.64. The van der Waals surface area contributed by atoms with Crippen molar-refractivity contribution in [2.75, 3.05) is 18.6 Å². The standard InChI is InChI=1S/C20H21N3O2S2/c1-13-6-8-15(9-7-13)27-12-10-21-19(24)17-14(2)22-18(23-20(17)26-3)16-5-4-11-25-16/h4-9,11H,10,12H2,1-3H3,(H,21,24). The molecule has 1 aromatic carbocycles. The third-order valence-electron chi connectivity index (χ3n) is 3.90. The minimum absolute atomic E-state index is 0.146. The van der Waals surface area contributed by atoms with Gasteiger partial charge in [0.25, 0.3) is 5.91 Å². The highest BCUT2D eigenvalue weighted by molar-refractivity contribution is 7.99. The molecule has 0 spiro atoms. The second-order valence-electron chi connectivity index (χ2n) is 5.91. The molecule has 140 valence electrons. The van der Waals surface area contributed by atoms with Crippen molar-refractivity contribution < 1.29 is 9.21 Å². The number of aryl methyl sites for hydroxylation is 2. The highest BCUT2D eigenvalue weighted by Crippen LogP contribution is 2.25. The van der Waals surface area contributed by atoms with Crippen molar-refractivity contribution in [1.82, 2.24) is 15.3 Å². The van der Waals surface area contributed by atoms with E-state index in [9.17, 15) is 4.79 Å². The van der Waals surface area contributed by atoms with Crippen LogP contribution in [0, 0.1) is 13.8 Å². The van der Waals surface area contributed by atoms with Crippen LogP contribution in [0.25, 0.3) is 11.6 Å². The van der Waals surface area contributed by atoms with Crippen molar-refractivity contribution >= 4 is 29.4 Å². The molecule has 3 rings (SSSR count). The van der Waals surface area contributed by atoms with Crippen LogP contribution in [0.4, 0.5) is 0 Å². The normalized spacial score (nSPS) is 10.8. The summed E-state index contributed by atoms with van der Waals surface area (Å²) in [6.45, 7) is 4.47. The maximum absolute atomic E-state index is 12.7. The third kappa shape index (κ3) is 4.93. The molecule has 0 saturated heterocycles. The fraction of sp³-hybridized carbons (Fsp3) is 0.250. The lowest BCUT2D eigenvalue weighted by atomic mass is 10.2. The van der Waals surface area contributed by atoms with Crippen LogP contribution in [-0.4, -0.2) is 34.4 Å². The largest absolute Gasteiger partial charge is 0.461 e. The summed E-state index contributed by atoms with van der Waals surface area (Å²) in [6.07, 6.45) is 3.48. The molecule has 1 N–H and O–H groups in total. The summed E-state index contributed by atoms with van der Waals surface area (Å²) in [5, 5.41) is 3.62. The lowest BCUT2D eigenvalue weighted by Gasteiger charge is -2.11. The molecular formula is C20H21N3O2S2. The van der Waals surface area contributed by atoms with E-state index in [0.717, 1.165) is 5.75 Å². The van der Waals surface area contributed by atoms with E-state index < -0.39 is 0 Å². The van der Waals surface area contributed by atoms with Gasteiger partial charge in [-0.25, -0.2) is 9.97 Å². The van der Waals surface area contributed by atoms with Gasteiger partial charge in [0.1, 0.15) is 5.03 Å². The molecule has 0 aliphatic heterocycles. The Morgan fingerprint density at radius 2 is 1.93 bits per heavy atom. The summed E-state index contributed by atoms with van der Waals surface area (Å²) >= 11 is 3.15. The predicted molar refractivity (Wildman–Crippen MR) is 110 cm³/mol. The SMILES string of the molecule is CSc1nc(-c2ccco2)nc(C)c1C(=O)NCCSc1ccc(C)cc1. The fourth-order valence-electron chi connectivity index (χ4n) is 2.53. The monoisotopic (exact) mass is 399 g/mol. The van der Waals surface area contributed by atoms with Gasteiger partial charge in [0.2, 0.25) is 0 Å². The van der Waals surface area contributed by atoms with Gasteiger partial charge in [0.15, 0.2) is 11.6 Å². The van der Waals surface area contributed by atoms with Crippen LogP contribution < -0.4 is 5.32 Å². The van der Waals surface area contributed by atoms with Gasteiger partial charge in [0.05, 0.1) is 17.5 Å². The average Bonchev–Trinajstić information content (AvgIpc) is 3.20. The summed E-state index contributed by atoms with van der Waals surface area (Å²) in [5.41, 5.74) is 2.41. The molecule has 7 heteroatoms. The highest BCUT2D eigenvalue weighted by atomic mass is 32.2. The summed E-state index contributed by atoms with van der Waals surface area (Å²) in [4.78, 5) is 22.8. The summed E-state index contributed by atoms with van der Waals surface area (Å²) in [7, 11) is 0. The first-order valence-electron chi connectivity index (χ1n) is 8.52. The molecule has 2 heterocycles. The number of furan rings is 1. The van der Waals surface area contributed by atoms with E-state index in [-0.39, 0.29) is 5.91 Å². The summed E-state index contributed by atoms with van der Waals surface area (Å²) in [6, 6.07) is 12.0. The van der Waals surface area contributed by atoms with E-state index in [1.54, 1.807) is 30.2 Å². The maximum Gasteiger partial charge on any atom is 0.255 e. The molecule has 0 fully saturated rings. The van der Waals surface area contributed by atoms with Crippen LogP contribution in [0.2, 0.25) is 0 Å². The number of aromatic nitrogens is 2. The lowest BCUT2D eigenvalue weighted by molar-refractivity contribution is 0.0951. The minimum Gasteiger partial charge on any atom is -0.461 e. The summed E-state index contributed by atoms with van der Waals surface area (Å²) in [5.74, 6) is 1.74. The molecule has 0 unspecified atom stereocenters. The number of nitrogens with one attached hydrogen (secondary N) is 1. The molecule has 0 aliphatic rings. The van der Waals surface area contributed by atoms with Crippen molar-refractivity contribution in [1.29, 1.82) is 0 Å². The molecule has 2 aromatic heterocycles. The molecule has 0 radical (unpaired) electrons. The van der Waals surface area contributed by atoms with Gasteiger partial charge < -0.3 is 9.73 Å². The van der Waals surface area contributed by atoms with Gasteiger partial charge in [0, 0.05) is 17.2 Å². The van der Waals surface area contributed by atoms with Crippen molar-refractivity contribution in [3.8, 4) is 11.6 Å². The Kier molecular flexibility index (Phi) is 6.58. The maximum atomic E-state index is 12.7. The predicted octanol–water partition coefficient (Wildman–Crippen LogP) is 4.60. The van der Waals surface area contributed by atoms with E-state index in [2.05, 4.69) is 46.5 Å². The molecule has 27 heavy (non-hydrogen) atoms. The number of thioether (sulfide) groups is 2. The lowest BCUT2D eigenvalue weighted by Crippen LogP contribution is -2.27. The zero-order chi connectivity index (χ0) is 19.2. The Bertz CT molecular complexity index is 910. The van der Waals surface area contributed by atoms with Gasteiger partial charge >= 0.3 is 0 Å². The topological polar surface area (TPSA) is 68.0 Å². The number of carbonyl (C=O) groups excluding carboxylic acids is 1. The zero-order valence-electron chi connectivity index (χ0n) is 15.5. The van der Waals surface area contributed by atoms with Crippen molar-refractivity contribution in [3.05, 3.63) is 59.5 Å². The second kappa shape index (κ2) is 9.10. The number of hydrogen-bond acceptors (Lipinski definition) is 6. The summed E-state index contributed by atoms with van der Waals surface area (Å²) < 4.78 is 5.37. The first-order valence-corrected chi connectivity index (χ1v) is 10.7. The number of benzene rings is 1. The van der Waals surface area contributed by atoms with Crippen LogP contribution >= 0.6 is 23.5 Å². The molecule has 5 nitrogen and oxygen atoms in total. The van der Waals surface area contributed by atoms with Gasteiger partial charge in [-0.15, -0.1) is 23.5 Å². The third-order valence-corrected chi connectivity index (χ3v) is 5.59. The Morgan fingerprint density at radius 1 is 1.15 bits per heavy atom. The van der Waals surface area contributed by atoms with Crippen molar-refractivity contribution in [3.63, 3.8) is 0 Å². The fourth-order valence-corrected chi connectivity index (χ4v) is 3.92. The molecule has 0 saturated carbocycles. The van der Waals surface area contributed by atoms with E-state index in [1.807, 2.05) is 13.2 Å². The molecule has 0 aliphatic carbocycles. The quantitative estimate of drug-likeness (QED) is 0.356. The number of hydrogen-bond donors (Lipinski definition) is 1. The van der Waals surface area contributed by atoms with E-state index >= 15 is 0 Å². The Morgan fingerprint density at radius 3 is 2.59 bits per heavy atom. The van der Waals surface area contributed by atoms with Gasteiger partial charge in [-0.1, -0.05) is 17.7 Å². The van der Waals surface area contributed by atoms with Crippen LogP contribution in [0.15, 0.2) is 57.0 Å². The molecule has 1 amide bonds. The van der Waals surface area contributed by atoms with Crippen LogP contribution in [0.5, 0.6) is 0 Å². The van der Waals surface area contributed by atoms with Gasteiger partial charge in [-0.2, -0.15) is 0 Å². The van der Waals surface area contributed by atoms with E-state index in [1.165, 1.54) is 22.2 Å². The molecule has 0 atom stereocenters. The smallest absolute Gasteiger partial charge is 0.255 e. The van der Waals surface area contributed by atoms with Crippen LogP contribution in [0.3, 0.4) is 0 Å². The first kappa shape index (κ1) is 19.5. The van der Waals surface area contributed by atoms with Crippen molar-refractivity contribution in [2.45, 2.75) is 23.8 Å². The van der Waals surface area contributed by atoms with Crippen LogP contribution in [0.1, 0.15) is 21.6 Å². The Labute approximate surface area is 167 Å². The van der Waals surface area contributed by atoms with Gasteiger partial charge in [-0.05, 0) is 44.4 Å². The molecule has 3 aromatic rings. The number of amides is 1. The number of rotatable bonds is 7. The second-order valence-corrected chi connectivity index (χ2v) is 7.87. The van der Waals surface area contributed by atoms with Crippen molar-refractivity contribution in [2.24, 2.45) is 0 Å². The highest BCUT2D eigenvalue weighted by Gasteiger charge is 2.19. The first-order chi connectivity index (χ1) is 13.1. The number of carbonyl (C=O) groups is 1. The number of nitrogens with zero attached hydrogens (tertiary/aromatic N) is 2. The Hall–Kier alpha value is -2.25. The van der Waals surface area contributed by atoms with E-state index in [0.29, 0.717) is 34.4 Å². The van der Waals surface area contributed by atoms with E-state index in [4.69, 9.17) is 4.42 Å².